The van der Waals surface area contributed by atoms with Gasteiger partial charge in [-0.15, -0.1) is 0 Å². The molecule has 0 bridgehead atoms. The van der Waals surface area contributed by atoms with Gasteiger partial charge in [0.1, 0.15) is 23.9 Å². The van der Waals surface area contributed by atoms with Crippen molar-refractivity contribution in [2.24, 2.45) is 0 Å². The molecule has 2 heterocycles. The number of rotatable bonds is 7. The summed E-state index contributed by atoms with van der Waals surface area (Å²) in [7, 11) is 0. The van der Waals surface area contributed by atoms with Crippen LogP contribution in [0.15, 0.2) is 66.9 Å². The lowest BCUT2D eigenvalue weighted by molar-refractivity contribution is -0.136. The molecule has 2 aromatic heterocycles. The summed E-state index contributed by atoms with van der Waals surface area (Å²) in [5.74, 6) is 0.249. The van der Waals surface area contributed by atoms with Gasteiger partial charge in [0.15, 0.2) is 0 Å². The van der Waals surface area contributed by atoms with Crippen LogP contribution in [-0.2, 0) is 17.8 Å². The molecule has 186 valence electrons. The number of hydrogen-bond donors (Lipinski definition) is 2. The zero-order valence-electron chi connectivity index (χ0n) is 20.6. The van der Waals surface area contributed by atoms with Gasteiger partial charge in [0, 0.05) is 22.5 Å². The SMILES string of the molecule is Cc1cccc(CC(=O)O)c1OCc1nn(C2CCC2)c2ccc(-c3ccc4ccnc(N)c4c3)cc12. The number of nitrogens with two attached hydrogens (primary N) is 1. The first-order chi connectivity index (χ1) is 18.0. The summed E-state index contributed by atoms with van der Waals surface area (Å²) in [4.78, 5) is 15.6. The number of pyridine rings is 1. The van der Waals surface area contributed by atoms with Crippen LogP contribution < -0.4 is 10.5 Å². The second-order valence-electron chi connectivity index (χ2n) is 9.76. The van der Waals surface area contributed by atoms with Crippen LogP contribution in [0, 0.1) is 6.92 Å². The second kappa shape index (κ2) is 9.24. The monoisotopic (exact) mass is 492 g/mol. The van der Waals surface area contributed by atoms with Crippen molar-refractivity contribution in [1.29, 1.82) is 0 Å². The quantitative estimate of drug-likeness (QED) is 0.286. The summed E-state index contributed by atoms with van der Waals surface area (Å²) in [6, 6.07) is 20.6. The third-order valence-electron chi connectivity index (χ3n) is 7.32. The highest BCUT2D eigenvalue weighted by atomic mass is 16.5. The van der Waals surface area contributed by atoms with Crippen molar-refractivity contribution in [3.8, 4) is 16.9 Å². The largest absolute Gasteiger partial charge is 0.487 e. The molecule has 0 atom stereocenters. The first-order valence-electron chi connectivity index (χ1n) is 12.6. The third kappa shape index (κ3) is 4.27. The van der Waals surface area contributed by atoms with E-state index in [1.807, 2.05) is 25.1 Å². The molecule has 3 aromatic carbocycles. The number of benzene rings is 3. The summed E-state index contributed by atoms with van der Waals surface area (Å²) in [6.07, 6.45) is 5.09. The maximum atomic E-state index is 11.4. The number of aromatic nitrogens is 3. The molecule has 5 aromatic rings. The first kappa shape index (κ1) is 23.0. The van der Waals surface area contributed by atoms with Crippen molar-refractivity contribution in [2.75, 3.05) is 5.73 Å². The van der Waals surface area contributed by atoms with E-state index in [2.05, 4.69) is 46.1 Å². The molecule has 0 radical (unpaired) electrons. The Morgan fingerprint density at radius 1 is 1.08 bits per heavy atom. The molecule has 0 amide bonds. The molecule has 0 aliphatic heterocycles. The number of para-hydroxylation sites is 1. The molecule has 1 saturated carbocycles. The Kier molecular flexibility index (Phi) is 5.75. The van der Waals surface area contributed by atoms with Crippen molar-refractivity contribution in [1.82, 2.24) is 14.8 Å². The molecule has 6 rings (SSSR count). The van der Waals surface area contributed by atoms with Gasteiger partial charge in [-0.3, -0.25) is 9.48 Å². The van der Waals surface area contributed by atoms with Crippen molar-refractivity contribution in [3.05, 3.63) is 83.7 Å². The number of hydrogen-bond acceptors (Lipinski definition) is 5. The Labute approximate surface area is 214 Å². The van der Waals surface area contributed by atoms with Crippen molar-refractivity contribution in [3.63, 3.8) is 0 Å². The van der Waals surface area contributed by atoms with E-state index >= 15 is 0 Å². The zero-order valence-corrected chi connectivity index (χ0v) is 20.6. The lowest BCUT2D eigenvalue weighted by Crippen LogP contribution is -2.18. The number of aryl methyl sites for hydroxylation is 1. The van der Waals surface area contributed by atoms with E-state index in [1.165, 1.54) is 6.42 Å². The van der Waals surface area contributed by atoms with Gasteiger partial charge < -0.3 is 15.6 Å². The summed E-state index contributed by atoms with van der Waals surface area (Å²) < 4.78 is 8.40. The molecule has 0 saturated heterocycles. The summed E-state index contributed by atoms with van der Waals surface area (Å²) in [6.45, 7) is 2.19. The number of aliphatic carboxylic acids is 1. The van der Waals surface area contributed by atoms with Crippen molar-refractivity contribution >= 4 is 33.5 Å². The zero-order chi connectivity index (χ0) is 25.5. The predicted molar refractivity (Wildman–Crippen MR) is 145 cm³/mol. The number of nitrogens with zero attached hydrogens (tertiary/aromatic N) is 3. The highest BCUT2D eigenvalue weighted by molar-refractivity contribution is 5.95. The third-order valence-corrected chi connectivity index (χ3v) is 7.32. The first-order valence-corrected chi connectivity index (χ1v) is 12.6. The highest BCUT2D eigenvalue weighted by Crippen LogP contribution is 2.37. The van der Waals surface area contributed by atoms with Gasteiger partial charge in [0.05, 0.1) is 18.0 Å². The Bertz CT molecular complexity index is 1650. The fourth-order valence-electron chi connectivity index (χ4n) is 5.13. The van der Waals surface area contributed by atoms with Crippen molar-refractivity contribution < 1.29 is 14.6 Å². The average molecular weight is 493 g/mol. The van der Waals surface area contributed by atoms with Crippen LogP contribution in [-0.4, -0.2) is 25.8 Å². The van der Waals surface area contributed by atoms with Gasteiger partial charge in [-0.05, 0) is 72.5 Å². The molecule has 37 heavy (non-hydrogen) atoms. The maximum Gasteiger partial charge on any atom is 0.307 e. The molecule has 7 heteroatoms. The van der Waals surface area contributed by atoms with Gasteiger partial charge in [0.25, 0.3) is 0 Å². The minimum atomic E-state index is -0.883. The van der Waals surface area contributed by atoms with Gasteiger partial charge >= 0.3 is 5.97 Å². The number of nitrogen functional groups attached to an aromatic ring is 1. The number of anilines is 1. The van der Waals surface area contributed by atoms with Gasteiger partial charge in [-0.1, -0.05) is 36.4 Å². The smallest absolute Gasteiger partial charge is 0.307 e. The molecule has 3 N–H and O–H groups in total. The van der Waals surface area contributed by atoms with Crippen LogP contribution >= 0.6 is 0 Å². The molecule has 0 unspecified atom stereocenters. The summed E-state index contributed by atoms with van der Waals surface area (Å²) in [5, 5.41) is 17.4. The number of carboxylic acid groups (broad SMARTS) is 1. The van der Waals surface area contributed by atoms with Crippen LogP contribution in [0.5, 0.6) is 5.75 Å². The maximum absolute atomic E-state index is 11.4. The number of carbonyl (C=O) groups is 1. The molecule has 0 spiro atoms. The Morgan fingerprint density at radius 3 is 2.62 bits per heavy atom. The number of ether oxygens (including phenoxy) is 1. The van der Waals surface area contributed by atoms with Crippen LogP contribution in [0.25, 0.3) is 32.8 Å². The second-order valence-corrected chi connectivity index (χ2v) is 9.76. The lowest BCUT2D eigenvalue weighted by atomic mass is 9.93. The minimum absolute atomic E-state index is 0.0849. The standard InChI is InChI=1S/C30H28N4O3/c1-18-4-2-5-22(16-28(35)36)29(18)37-17-26-25-15-21(10-11-27(25)34(33-26)23-6-3-7-23)20-9-8-19-12-13-32-30(31)24(19)14-20/h2,4-5,8-15,23H,3,6-7,16-17H2,1H3,(H2,31,32)(H,35,36). The van der Waals surface area contributed by atoms with Crippen LogP contribution in [0.4, 0.5) is 5.82 Å². The molecule has 1 aliphatic rings. The van der Waals surface area contributed by atoms with E-state index in [0.717, 1.165) is 56.9 Å². The van der Waals surface area contributed by atoms with E-state index in [4.69, 9.17) is 15.6 Å². The fourth-order valence-corrected chi connectivity index (χ4v) is 5.13. The summed E-state index contributed by atoms with van der Waals surface area (Å²) >= 11 is 0. The van der Waals surface area contributed by atoms with Gasteiger partial charge in [-0.25, -0.2) is 4.98 Å². The Morgan fingerprint density at radius 2 is 1.86 bits per heavy atom. The number of fused-ring (bicyclic) bond motifs is 2. The normalized spacial score (nSPS) is 13.6. The molecular weight excluding hydrogens is 464 g/mol. The molecule has 1 aliphatic carbocycles. The van der Waals surface area contributed by atoms with Crippen molar-refractivity contribution in [2.45, 2.75) is 45.3 Å². The fraction of sp³-hybridized carbons (Fsp3) is 0.233. The van der Waals surface area contributed by atoms with E-state index in [0.29, 0.717) is 23.2 Å². The predicted octanol–water partition coefficient (Wildman–Crippen LogP) is 6.07. The Hall–Kier alpha value is -4.39. The minimum Gasteiger partial charge on any atom is -0.487 e. The number of carboxylic acids is 1. The van der Waals surface area contributed by atoms with Gasteiger partial charge in [-0.2, -0.15) is 5.10 Å². The van der Waals surface area contributed by atoms with E-state index in [1.54, 1.807) is 12.3 Å². The highest BCUT2D eigenvalue weighted by Gasteiger charge is 2.24. The van der Waals surface area contributed by atoms with E-state index in [-0.39, 0.29) is 13.0 Å². The van der Waals surface area contributed by atoms with Crippen LogP contribution in [0.2, 0.25) is 0 Å². The molecule has 1 fully saturated rings. The van der Waals surface area contributed by atoms with Crippen LogP contribution in [0.1, 0.15) is 42.1 Å². The van der Waals surface area contributed by atoms with Gasteiger partial charge in [0.2, 0.25) is 0 Å². The molecular formula is C30H28N4O3. The topological polar surface area (TPSA) is 103 Å². The Balaban J connectivity index is 1.40. The van der Waals surface area contributed by atoms with E-state index < -0.39 is 5.97 Å². The summed E-state index contributed by atoms with van der Waals surface area (Å²) in [5.41, 5.74) is 11.8. The average Bonchev–Trinajstić information content (AvgIpc) is 3.19. The van der Waals surface area contributed by atoms with Crippen LogP contribution in [0.3, 0.4) is 0 Å². The lowest BCUT2D eigenvalue weighted by Gasteiger charge is -2.26. The molecule has 7 nitrogen and oxygen atoms in total. The van der Waals surface area contributed by atoms with E-state index in [9.17, 15) is 9.90 Å².